The Balaban J connectivity index is 2.27. The van der Waals surface area contributed by atoms with E-state index in [0.29, 0.717) is 13.0 Å². The summed E-state index contributed by atoms with van der Waals surface area (Å²) < 4.78 is 10.5. The Morgan fingerprint density at radius 1 is 1.39 bits per heavy atom. The third-order valence-electron chi connectivity index (χ3n) is 3.36. The van der Waals surface area contributed by atoms with Crippen LogP contribution in [-0.2, 0) is 14.3 Å². The number of rotatable bonds is 9. The molecule has 0 amide bonds. The molecule has 0 heterocycles. The van der Waals surface area contributed by atoms with Crippen molar-refractivity contribution in [1.29, 1.82) is 0 Å². The molecule has 0 aromatic carbocycles. The second kappa shape index (κ2) is 7.10. The molecule has 4 nitrogen and oxygen atoms in total. The molecule has 0 radical (unpaired) electrons. The fraction of sp³-hybridized carbons (Fsp3) is 0.929. The van der Waals surface area contributed by atoms with Crippen LogP contribution in [0.25, 0.3) is 0 Å². The molecule has 1 atom stereocenters. The SMILES string of the molecule is COC(=O)C(C)(CCOCCC1CC1)NC(C)C. The Labute approximate surface area is 110 Å². The van der Waals surface area contributed by atoms with Gasteiger partial charge >= 0.3 is 5.97 Å². The molecule has 1 aliphatic rings. The molecule has 1 fully saturated rings. The van der Waals surface area contributed by atoms with E-state index >= 15 is 0 Å². The summed E-state index contributed by atoms with van der Waals surface area (Å²) in [5, 5.41) is 3.26. The van der Waals surface area contributed by atoms with Crippen LogP contribution in [0.15, 0.2) is 0 Å². The van der Waals surface area contributed by atoms with E-state index in [0.717, 1.165) is 18.9 Å². The quantitative estimate of drug-likeness (QED) is 0.508. The molecule has 1 aliphatic carbocycles. The second-order valence-electron chi connectivity index (χ2n) is 5.72. The highest BCUT2D eigenvalue weighted by Crippen LogP contribution is 2.32. The molecule has 1 N–H and O–H groups in total. The first-order valence-electron chi connectivity index (χ1n) is 6.92. The van der Waals surface area contributed by atoms with E-state index < -0.39 is 5.54 Å². The highest BCUT2D eigenvalue weighted by atomic mass is 16.5. The Morgan fingerprint density at radius 3 is 2.56 bits per heavy atom. The van der Waals surface area contributed by atoms with Crippen molar-refractivity contribution >= 4 is 5.97 Å². The van der Waals surface area contributed by atoms with Crippen LogP contribution in [0.2, 0.25) is 0 Å². The summed E-state index contributed by atoms with van der Waals surface area (Å²) in [4.78, 5) is 11.8. The summed E-state index contributed by atoms with van der Waals surface area (Å²) in [5.74, 6) is 0.674. The van der Waals surface area contributed by atoms with Gasteiger partial charge in [0.15, 0.2) is 0 Å². The van der Waals surface area contributed by atoms with Crippen LogP contribution in [0, 0.1) is 5.92 Å². The predicted molar refractivity (Wildman–Crippen MR) is 71.5 cm³/mol. The van der Waals surface area contributed by atoms with Gasteiger partial charge in [-0.1, -0.05) is 12.8 Å². The molecule has 106 valence electrons. The number of methoxy groups -OCH3 is 1. The Morgan fingerprint density at radius 2 is 2.06 bits per heavy atom. The van der Waals surface area contributed by atoms with Gasteiger partial charge in [0.05, 0.1) is 7.11 Å². The lowest BCUT2D eigenvalue weighted by Crippen LogP contribution is -2.53. The van der Waals surface area contributed by atoms with Gasteiger partial charge in [-0.15, -0.1) is 0 Å². The molecule has 0 aliphatic heterocycles. The zero-order valence-corrected chi connectivity index (χ0v) is 12.1. The summed E-state index contributed by atoms with van der Waals surface area (Å²) in [5.41, 5.74) is -0.650. The maximum atomic E-state index is 11.8. The summed E-state index contributed by atoms with van der Waals surface area (Å²) in [6.07, 6.45) is 4.52. The minimum atomic E-state index is -0.650. The van der Waals surface area contributed by atoms with E-state index in [1.165, 1.54) is 20.0 Å². The Bertz CT molecular complexity index is 264. The first-order valence-corrected chi connectivity index (χ1v) is 6.92. The molecule has 18 heavy (non-hydrogen) atoms. The smallest absolute Gasteiger partial charge is 0.325 e. The van der Waals surface area contributed by atoms with Crippen molar-refractivity contribution in [3.8, 4) is 0 Å². The van der Waals surface area contributed by atoms with Crippen molar-refractivity contribution in [3.63, 3.8) is 0 Å². The van der Waals surface area contributed by atoms with Crippen molar-refractivity contribution in [2.45, 2.75) is 58.0 Å². The van der Waals surface area contributed by atoms with Gasteiger partial charge in [0.25, 0.3) is 0 Å². The van der Waals surface area contributed by atoms with Crippen LogP contribution >= 0.6 is 0 Å². The number of esters is 1. The molecule has 0 aromatic rings. The van der Waals surface area contributed by atoms with Gasteiger partial charge in [0.1, 0.15) is 5.54 Å². The standard InChI is InChI=1S/C14H27NO3/c1-11(2)15-14(3,13(16)17-4)8-10-18-9-7-12-5-6-12/h11-12,15H,5-10H2,1-4H3. The van der Waals surface area contributed by atoms with Crippen molar-refractivity contribution < 1.29 is 14.3 Å². The lowest BCUT2D eigenvalue weighted by atomic mass is 9.97. The van der Waals surface area contributed by atoms with Crippen LogP contribution in [0.5, 0.6) is 0 Å². The van der Waals surface area contributed by atoms with Crippen LogP contribution in [-0.4, -0.2) is 37.9 Å². The fourth-order valence-electron chi connectivity index (χ4n) is 2.13. The Hall–Kier alpha value is -0.610. The highest BCUT2D eigenvalue weighted by Gasteiger charge is 2.34. The third kappa shape index (κ3) is 5.36. The topological polar surface area (TPSA) is 47.6 Å². The summed E-state index contributed by atoms with van der Waals surface area (Å²) in [6, 6.07) is 0.237. The summed E-state index contributed by atoms with van der Waals surface area (Å²) in [7, 11) is 1.43. The monoisotopic (exact) mass is 257 g/mol. The first-order chi connectivity index (χ1) is 8.48. The lowest BCUT2D eigenvalue weighted by molar-refractivity contribution is -0.149. The van der Waals surface area contributed by atoms with Crippen molar-refractivity contribution in [2.75, 3.05) is 20.3 Å². The number of hydrogen-bond acceptors (Lipinski definition) is 4. The van der Waals surface area contributed by atoms with Crippen LogP contribution in [0.4, 0.5) is 0 Å². The van der Waals surface area contributed by atoms with E-state index in [1.807, 2.05) is 20.8 Å². The number of hydrogen-bond donors (Lipinski definition) is 1. The number of carbonyl (C=O) groups excluding carboxylic acids is 1. The van der Waals surface area contributed by atoms with E-state index in [9.17, 15) is 4.79 Å². The van der Waals surface area contributed by atoms with Gasteiger partial charge in [-0.05, 0) is 39.5 Å². The molecule has 1 unspecified atom stereocenters. The fourth-order valence-corrected chi connectivity index (χ4v) is 2.13. The predicted octanol–water partition coefficient (Wildman–Crippen LogP) is 2.12. The number of ether oxygens (including phenoxy) is 2. The van der Waals surface area contributed by atoms with Crippen molar-refractivity contribution in [1.82, 2.24) is 5.32 Å². The lowest BCUT2D eigenvalue weighted by Gasteiger charge is -2.30. The minimum absolute atomic E-state index is 0.220. The molecule has 4 heteroatoms. The largest absolute Gasteiger partial charge is 0.468 e. The average molecular weight is 257 g/mol. The maximum absolute atomic E-state index is 11.8. The molecule has 0 spiro atoms. The zero-order valence-electron chi connectivity index (χ0n) is 12.1. The molecular formula is C14H27NO3. The first kappa shape index (κ1) is 15.4. The van der Waals surface area contributed by atoms with Crippen LogP contribution in [0.1, 0.15) is 46.5 Å². The van der Waals surface area contributed by atoms with Gasteiger partial charge in [-0.3, -0.25) is 10.1 Å². The summed E-state index contributed by atoms with van der Waals surface area (Å²) in [6.45, 7) is 7.33. The molecule has 0 bridgehead atoms. The van der Waals surface area contributed by atoms with Gasteiger partial charge in [-0.2, -0.15) is 0 Å². The van der Waals surface area contributed by atoms with E-state index in [1.54, 1.807) is 0 Å². The Kier molecular flexibility index (Phi) is 6.09. The van der Waals surface area contributed by atoms with E-state index in [-0.39, 0.29) is 12.0 Å². The number of carbonyl (C=O) groups is 1. The maximum Gasteiger partial charge on any atom is 0.325 e. The highest BCUT2D eigenvalue weighted by molar-refractivity contribution is 5.80. The molecule has 0 aromatic heterocycles. The molecule has 1 rings (SSSR count). The molecule has 1 saturated carbocycles. The van der Waals surface area contributed by atoms with Crippen molar-refractivity contribution in [3.05, 3.63) is 0 Å². The van der Waals surface area contributed by atoms with E-state index in [2.05, 4.69) is 5.32 Å². The van der Waals surface area contributed by atoms with Crippen LogP contribution < -0.4 is 5.32 Å². The zero-order chi connectivity index (χ0) is 13.6. The van der Waals surface area contributed by atoms with Crippen molar-refractivity contribution in [2.24, 2.45) is 5.92 Å². The van der Waals surface area contributed by atoms with Gasteiger partial charge in [0.2, 0.25) is 0 Å². The van der Waals surface area contributed by atoms with Gasteiger partial charge in [0, 0.05) is 19.3 Å². The normalized spacial score (nSPS) is 18.7. The van der Waals surface area contributed by atoms with Crippen LogP contribution in [0.3, 0.4) is 0 Å². The van der Waals surface area contributed by atoms with E-state index in [4.69, 9.17) is 9.47 Å². The van der Waals surface area contributed by atoms with Gasteiger partial charge in [-0.25, -0.2) is 0 Å². The van der Waals surface area contributed by atoms with Gasteiger partial charge < -0.3 is 9.47 Å². The second-order valence-corrected chi connectivity index (χ2v) is 5.72. The molecule has 0 saturated heterocycles. The minimum Gasteiger partial charge on any atom is -0.468 e. The number of nitrogens with one attached hydrogen (secondary N) is 1. The molecular weight excluding hydrogens is 230 g/mol. The summed E-state index contributed by atoms with van der Waals surface area (Å²) >= 11 is 0. The average Bonchev–Trinajstić information content (AvgIpc) is 3.10. The third-order valence-corrected chi connectivity index (χ3v) is 3.36.